The molecular weight excluding hydrogens is 301 g/mol. The summed E-state index contributed by atoms with van der Waals surface area (Å²) in [6.07, 6.45) is 3.11. The Morgan fingerprint density at radius 1 is 0.917 bits per heavy atom. The molecule has 0 aromatic heterocycles. The van der Waals surface area contributed by atoms with Crippen LogP contribution in [0.3, 0.4) is 0 Å². The molecule has 0 aromatic carbocycles. The van der Waals surface area contributed by atoms with Crippen LogP contribution in [0.25, 0.3) is 0 Å². The molecule has 7 heteroatoms. The van der Waals surface area contributed by atoms with Crippen molar-refractivity contribution in [3.8, 4) is 0 Å². The molecule has 0 saturated carbocycles. The predicted molar refractivity (Wildman–Crippen MR) is 93.4 cm³/mol. The molecule has 2 saturated heterocycles. The molecular formula is C17H36LiN3O3. The first-order chi connectivity index (χ1) is 10.6. The SMILES string of the molecule is CC1(C)OCC(O)C(N2CCCCCNCCNCC2)CO1.[CH3-].[Li+]. The fourth-order valence-electron chi connectivity index (χ4n) is 3.02. The molecule has 0 bridgehead atoms. The average molecular weight is 337 g/mol. The van der Waals surface area contributed by atoms with Gasteiger partial charge in [0, 0.05) is 26.2 Å². The number of ether oxygens (including phenoxy) is 2. The first kappa shape index (κ1) is 24.4. The Kier molecular flexibility index (Phi) is 12.9. The Balaban J connectivity index is 0.00000264. The molecule has 2 heterocycles. The van der Waals surface area contributed by atoms with Crippen LogP contribution in [-0.4, -0.2) is 80.4 Å². The Labute approximate surface area is 160 Å². The molecule has 0 aromatic rings. The van der Waals surface area contributed by atoms with Crippen LogP contribution >= 0.6 is 0 Å². The number of nitrogens with one attached hydrogen (secondary N) is 2. The summed E-state index contributed by atoms with van der Waals surface area (Å²) in [6.45, 7) is 10.7. The molecule has 6 nitrogen and oxygen atoms in total. The van der Waals surface area contributed by atoms with Crippen LogP contribution in [0.2, 0.25) is 0 Å². The second kappa shape index (κ2) is 12.7. The maximum atomic E-state index is 10.4. The van der Waals surface area contributed by atoms with Crippen molar-refractivity contribution in [2.45, 2.75) is 51.0 Å². The number of aliphatic hydroxyl groups is 1. The van der Waals surface area contributed by atoms with Crippen LogP contribution < -0.4 is 29.5 Å². The van der Waals surface area contributed by atoms with Gasteiger partial charge in [-0.1, -0.05) is 6.42 Å². The maximum Gasteiger partial charge on any atom is 1.00 e. The van der Waals surface area contributed by atoms with Crippen LogP contribution in [0.4, 0.5) is 0 Å². The largest absolute Gasteiger partial charge is 1.00 e. The Hall–Kier alpha value is 0.357. The third kappa shape index (κ3) is 8.64. The van der Waals surface area contributed by atoms with Crippen molar-refractivity contribution in [1.29, 1.82) is 0 Å². The Morgan fingerprint density at radius 3 is 2.33 bits per heavy atom. The van der Waals surface area contributed by atoms with E-state index in [-0.39, 0.29) is 32.3 Å². The smallest absolute Gasteiger partial charge is 0.389 e. The zero-order chi connectivity index (χ0) is 15.8. The van der Waals surface area contributed by atoms with Gasteiger partial charge in [-0.15, -0.1) is 0 Å². The number of aliphatic hydroxyl groups excluding tert-OH is 1. The third-order valence-corrected chi connectivity index (χ3v) is 4.47. The fourth-order valence-corrected chi connectivity index (χ4v) is 3.02. The normalized spacial score (nSPS) is 30.6. The molecule has 2 aliphatic heterocycles. The van der Waals surface area contributed by atoms with E-state index in [0.29, 0.717) is 13.2 Å². The third-order valence-electron chi connectivity index (χ3n) is 4.47. The molecule has 3 N–H and O–H groups in total. The van der Waals surface area contributed by atoms with Gasteiger partial charge in [0.15, 0.2) is 5.79 Å². The van der Waals surface area contributed by atoms with Gasteiger partial charge in [-0.3, -0.25) is 4.90 Å². The number of rotatable bonds is 1. The number of hydrogen-bond acceptors (Lipinski definition) is 6. The average Bonchev–Trinajstić information content (AvgIpc) is 2.60. The van der Waals surface area contributed by atoms with Crippen molar-refractivity contribution in [3.63, 3.8) is 0 Å². The van der Waals surface area contributed by atoms with Crippen molar-refractivity contribution in [2.75, 3.05) is 52.5 Å². The van der Waals surface area contributed by atoms with Gasteiger partial charge in [0.05, 0.1) is 25.4 Å². The molecule has 0 amide bonds. The van der Waals surface area contributed by atoms with E-state index in [1.807, 2.05) is 13.8 Å². The zero-order valence-corrected chi connectivity index (χ0v) is 16.1. The molecule has 24 heavy (non-hydrogen) atoms. The van der Waals surface area contributed by atoms with E-state index in [1.165, 1.54) is 12.8 Å². The summed E-state index contributed by atoms with van der Waals surface area (Å²) in [5.41, 5.74) is 0. The van der Waals surface area contributed by atoms with Crippen molar-refractivity contribution < 1.29 is 33.4 Å². The Morgan fingerprint density at radius 2 is 1.58 bits per heavy atom. The van der Waals surface area contributed by atoms with E-state index in [0.717, 1.165) is 45.7 Å². The van der Waals surface area contributed by atoms with E-state index < -0.39 is 11.9 Å². The van der Waals surface area contributed by atoms with Crippen LogP contribution in [0.5, 0.6) is 0 Å². The summed E-state index contributed by atoms with van der Waals surface area (Å²) in [7, 11) is 0. The predicted octanol–water partition coefficient (Wildman–Crippen LogP) is -2.38. The quantitative estimate of drug-likeness (QED) is 0.367. The minimum atomic E-state index is -0.605. The first-order valence-electron chi connectivity index (χ1n) is 8.70. The summed E-state index contributed by atoms with van der Waals surface area (Å²) in [4.78, 5) is 2.37. The van der Waals surface area contributed by atoms with Gasteiger partial charge in [0.25, 0.3) is 0 Å². The second-order valence-electron chi connectivity index (χ2n) is 6.75. The maximum absolute atomic E-state index is 10.4. The van der Waals surface area contributed by atoms with Gasteiger partial charge in [0.1, 0.15) is 0 Å². The zero-order valence-electron chi connectivity index (χ0n) is 16.1. The molecule has 138 valence electrons. The minimum Gasteiger partial charge on any atom is -0.389 e. The molecule has 0 radical (unpaired) electrons. The van der Waals surface area contributed by atoms with Gasteiger partial charge in [0.2, 0.25) is 0 Å². The topological polar surface area (TPSA) is 66.0 Å². The Bertz CT molecular complexity index is 309. The van der Waals surface area contributed by atoms with Gasteiger partial charge < -0.3 is 32.6 Å². The summed E-state index contributed by atoms with van der Waals surface area (Å²) in [5.74, 6) is -0.605. The minimum absolute atomic E-state index is 0. The standard InChI is InChI=1S/C16H33N3O3.CH3.Li/c1-16(2)21-12-14(15(20)13-22-16)19-10-5-3-4-6-17-7-8-18-9-11-19;;/h14-15,17-18,20H,3-13H2,1-2H3;1H3;/q;-1;+1. The molecule has 2 rings (SSSR count). The molecule has 2 unspecified atom stereocenters. The van der Waals surface area contributed by atoms with Gasteiger partial charge >= 0.3 is 18.9 Å². The van der Waals surface area contributed by atoms with Gasteiger partial charge in [-0.2, -0.15) is 0 Å². The molecule has 2 fully saturated rings. The number of nitrogens with zero attached hydrogens (tertiary/aromatic N) is 1. The molecule has 0 aliphatic carbocycles. The fraction of sp³-hybridized carbons (Fsp3) is 0.941. The van der Waals surface area contributed by atoms with Crippen LogP contribution in [0, 0.1) is 7.43 Å². The molecule has 2 aliphatic rings. The van der Waals surface area contributed by atoms with Gasteiger partial charge in [-0.05, 0) is 39.8 Å². The monoisotopic (exact) mass is 337 g/mol. The summed E-state index contributed by atoms with van der Waals surface area (Å²) >= 11 is 0. The summed E-state index contributed by atoms with van der Waals surface area (Å²) < 4.78 is 11.5. The summed E-state index contributed by atoms with van der Waals surface area (Å²) in [6, 6.07) is 0.0182. The van der Waals surface area contributed by atoms with Crippen molar-refractivity contribution in [3.05, 3.63) is 7.43 Å². The van der Waals surface area contributed by atoms with E-state index in [2.05, 4.69) is 15.5 Å². The van der Waals surface area contributed by atoms with E-state index in [9.17, 15) is 5.11 Å². The molecule has 0 spiro atoms. The van der Waals surface area contributed by atoms with Crippen LogP contribution in [-0.2, 0) is 9.47 Å². The summed E-state index contributed by atoms with van der Waals surface area (Å²) in [5, 5.41) is 17.4. The van der Waals surface area contributed by atoms with Crippen molar-refractivity contribution in [2.24, 2.45) is 0 Å². The first-order valence-corrected chi connectivity index (χ1v) is 8.70. The second-order valence-corrected chi connectivity index (χ2v) is 6.75. The molecule has 2 atom stereocenters. The van der Waals surface area contributed by atoms with E-state index >= 15 is 0 Å². The van der Waals surface area contributed by atoms with E-state index in [1.54, 1.807) is 0 Å². The van der Waals surface area contributed by atoms with Crippen molar-refractivity contribution >= 4 is 0 Å². The van der Waals surface area contributed by atoms with Crippen LogP contribution in [0.1, 0.15) is 33.1 Å². The number of hydrogen-bond donors (Lipinski definition) is 3. The van der Waals surface area contributed by atoms with Crippen molar-refractivity contribution in [1.82, 2.24) is 15.5 Å². The van der Waals surface area contributed by atoms with E-state index in [4.69, 9.17) is 9.47 Å². The van der Waals surface area contributed by atoms with Crippen LogP contribution in [0.15, 0.2) is 0 Å². The van der Waals surface area contributed by atoms with Gasteiger partial charge in [-0.25, -0.2) is 0 Å².